The van der Waals surface area contributed by atoms with E-state index in [0.717, 1.165) is 0 Å². The van der Waals surface area contributed by atoms with Gasteiger partial charge in [-0.05, 0) is 18.9 Å². The summed E-state index contributed by atoms with van der Waals surface area (Å²) in [6.07, 6.45) is 1.55. The molecule has 82 valence electrons. The summed E-state index contributed by atoms with van der Waals surface area (Å²) in [5.74, 6) is 0.196. The van der Waals surface area contributed by atoms with Crippen molar-refractivity contribution in [2.24, 2.45) is 5.92 Å². The maximum atomic E-state index is 11.5. The number of amides is 1. The van der Waals surface area contributed by atoms with Gasteiger partial charge < -0.3 is 10.3 Å². The molecule has 15 heavy (non-hydrogen) atoms. The van der Waals surface area contributed by atoms with Crippen LogP contribution in [0, 0.1) is 5.92 Å². The fourth-order valence-electron chi connectivity index (χ4n) is 1.12. The molecule has 1 rings (SSSR count). The Kier molecular flexibility index (Phi) is 3.66. The molecule has 1 aromatic rings. The summed E-state index contributed by atoms with van der Waals surface area (Å²) in [6, 6.07) is 1.57. The van der Waals surface area contributed by atoms with E-state index in [1.165, 1.54) is 6.92 Å². The molecule has 0 aliphatic carbocycles. The maximum absolute atomic E-state index is 11.5. The number of carbonyl (C=O) groups excluding carboxylic acids is 2. The van der Waals surface area contributed by atoms with Crippen molar-refractivity contribution in [1.29, 1.82) is 0 Å². The van der Waals surface area contributed by atoms with Crippen LogP contribution < -0.4 is 5.32 Å². The molecule has 1 heterocycles. The number of nitrogens with one attached hydrogen (secondary N) is 2. The van der Waals surface area contributed by atoms with Gasteiger partial charge in [-0.25, -0.2) is 0 Å². The molecule has 4 nitrogen and oxygen atoms in total. The normalized spacial score (nSPS) is 10.4. The van der Waals surface area contributed by atoms with Crippen molar-refractivity contribution in [3.8, 4) is 0 Å². The summed E-state index contributed by atoms with van der Waals surface area (Å²) in [4.78, 5) is 25.3. The predicted molar refractivity (Wildman–Crippen MR) is 58.0 cm³/mol. The Bertz CT molecular complexity index is 366. The third-order valence-electron chi connectivity index (χ3n) is 2.01. The van der Waals surface area contributed by atoms with Gasteiger partial charge in [-0.2, -0.15) is 0 Å². The highest BCUT2D eigenvalue weighted by atomic mass is 16.2. The van der Waals surface area contributed by atoms with Crippen LogP contribution in [-0.2, 0) is 0 Å². The monoisotopic (exact) mass is 208 g/mol. The van der Waals surface area contributed by atoms with Gasteiger partial charge in [0, 0.05) is 18.3 Å². The zero-order valence-electron chi connectivity index (χ0n) is 9.26. The second kappa shape index (κ2) is 4.77. The number of carbonyl (C=O) groups is 2. The van der Waals surface area contributed by atoms with E-state index in [9.17, 15) is 9.59 Å². The van der Waals surface area contributed by atoms with Crippen LogP contribution in [0.2, 0.25) is 0 Å². The fourth-order valence-corrected chi connectivity index (χ4v) is 1.12. The van der Waals surface area contributed by atoms with Crippen LogP contribution in [-0.4, -0.2) is 23.2 Å². The summed E-state index contributed by atoms with van der Waals surface area (Å²) >= 11 is 0. The van der Waals surface area contributed by atoms with Crippen molar-refractivity contribution in [1.82, 2.24) is 10.3 Å². The summed E-state index contributed by atoms with van der Waals surface area (Å²) in [5.41, 5.74) is 0.963. The van der Waals surface area contributed by atoms with Crippen LogP contribution in [0.15, 0.2) is 12.3 Å². The van der Waals surface area contributed by atoms with Gasteiger partial charge in [-0.15, -0.1) is 0 Å². The van der Waals surface area contributed by atoms with Gasteiger partial charge in [0.2, 0.25) is 0 Å². The number of aromatic amines is 1. The smallest absolute Gasteiger partial charge is 0.267 e. The van der Waals surface area contributed by atoms with Gasteiger partial charge in [0.25, 0.3) is 5.91 Å². The standard InChI is InChI=1S/C11H16N2O2/c1-7(2)5-13-11(15)10-4-9(6-12-10)8(3)14/h4,6-7,12H,5H2,1-3H3,(H,13,15). The SMILES string of the molecule is CC(=O)c1c[nH]c(C(=O)NCC(C)C)c1. The van der Waals surface area contributed by atoms with Crippen molar-refractivity contribution in [3.05, 3.63) is 23.5 Å². The Balaban J connectivity index is 2.62. The Labute approximate surface area is 89.1 Å². The first-order chi connectivity index (χ1) is 7.00. The molecule has 0 radical (unpaired) electrons. The molecule has 0 fully saturated rings. The van der Waals surface area contributed by atoms with E-state index in [1.54, 1.807) is 12.3 Å². The maximum Gasteiger partial charge on any atom is 0.267 e. The van der Waals surface area contributed by atoms with Crippen LogP contribution in [0.4, 0.5) is 0 Å². The van der Waals surface area contributed by atoms with E-state index in [-0.39, 0.29) is 11.7 Å². The molecule has 0 atom stereocenters. The molecule has 0 unspecified atom stereocenters. The topological polar surface area (TPSA) is 62.0 Å². The van der Waals surface area contributed by atoms with Crippen LogP contribution in [0.3, 0.4) is 0 Å². The van der Waals surface area contributed by atoms with Crippen molar-refractivity contribution >= 4 is 11.7 Å². The molecule has 0 spiro atoms. The van der Waals surface area contributed by atoms with Crippen LogP contribution in [0.1, 0.15) is 41.6 Å². The van der Waals surface area contributed by atoms with Crippen molar-refractivity contribution in [2.45, 2.75) is 20.8 Å². The zero-order chi connectivity index (χ0) is 11.4. The molecule has 0 aliphatic heterocycles. The first kappa shape index (κ1) is 11.5. The summed E-state index contributed by atoms with van der Waals surface area (Å²) < 4.78 is 0. The van der Waals surface area contributed by atoms with Gasteiger partial charge in [-0.3, -0.25) is 9.59 Å². The number of hydrogen-bond donors (Lipinski definition) is 2. The third kappa shape index (κ3) is 3.23. The van der Waals surface area contributed by atoms with Gasteiger partial charge in [0.05, 0.1) is 0 Å². The molecule has 0 saturated carbocycles. The quantitative estimate of drug-likeness (QED) is 0.738. The predicted octanol–water partition coefficient (Wildman–Crippen LogP) is 1.60. The minimum atomic E-state index is -0.170. The van der Waals surface area contributed by atoms with Crippen LogP contribution >= 0.6 is 0 Å². The Morgan fingerprint density at radius 1 is 1.47 bits per heavy atom. The summed E-state index contributed by atoms with van der Waals surface area (Å²) in [7, 11) is 0. The van der Waals surface area contributed by atoms with Gasteiger partial charge in [0.1, 0.15) is 5.69 Å². The average Bonchev–Trinajstić information content (AvgIpc) is 2.62. The number of Topliss-reactive ketones (excluding diaryl/α,β-unsaturated/α-hetero) is 1. The van der Waals surface area contributed by atoms with Gasteiger partial charge >= 0.3 is 0 Å². The number of aromatic nitrogens is 1. The summed E-state index contributed by atoms with van der Waals surface area (Å²) in [5, 5.41) is 2.77. The van der Waals surface area contributed by atoms with E-state index in [2.05, 4.69) is 10.3 Å². The van der Waals surface area contributed by atoms with E-state index in [4.69, 9.17) is 0 Å². The van der Waals surface area contributed by atoms with Gasteiger partial charge in [0.15, 0.2) is 5.78 Å². The van der Waals surface area contributed by atoms with Crippen LogP contribution in [0.25, 0.3) is 0 Å². The third-order valence-corrected chi connectivity index (χ3v) is 2.01. The minimum absolute atomic E-state index is 0.0471. The number of H-pyrrole nitrogens is 1. The highest BCUT2D eigenvalue weighted by Crippen LogP contribution is 2.04. The molecule has 0 saturated heterocycles. The molecule has 1 aromatic heterocycles. The molecule has 1 amide bonds. The number of hydrogen-bond acceptors (Lipinski definition) is 2. The lowest BCUT2D eigenvalue weighted by Crippen LogP contribution is -2.27. The summed E-state index contributed by atoms with van der Waals surface area (Å²) in [6.45, 7) is 6.15. The van der Waals surface area contributed by atoms with E-state index < -0.39 is 0 Å². The Morgan fingerprint density at radius 3 is 2.60 bits per heavy atom. The lowest BCUT2D eigenvalue weighted by molar-refractivity contribution is 0.0944. The largest absolute Gasteiger partial charge is 0.356 e. The lowest BCUT2D eigenvalue weighted by atomic mass is 10.2. The minimum Gasteiger partial charge on any atom is -0.356 e. The van der Waals surface area contributed by atoms with Crippen LogP contribution in [0.5, 0.6) is 0 Å². The molecule has 0 aliphatic rings. The van der Waals surface area contributed by atoms with Crippen molar-refractivity contribution in [2.75, 3.05) is 6.54 Å². The van der Waals surface area contributed by atoms with E-state index in [0.29, 0.717) is 23.7 Å². The Morgan fingerprint density at radius 2 is 2.13 bits per heavy atom. The molecule has 0 bridgehead atoms. The fraction of sp³-hybridized carbons (Fsp3) is 0.455. The average molecular weight is 208 g/mol. The van der Waals surface area contributed by atoms with Crippen molar-refractivity contribution < 1.29 is 9.59 Å². The lowest BCUT2D eigenvalue weighted by Gasteiger charge is -2.05. The van der Waals surface area contributed by atoms with Crippen molar-refractivity contribution in [3.63, 3.8) is 0 Å². The highest BCUT2D eigenvalue weighted by molar-refractivity contribution is 5.99. The molecule has 0 aromatic carbocycles. The molecule has 4 heteroatoms. The van der Waals surface area contributed by atoms with E-state index in [1.807, 2.05) is 13.8 Å². The number of ketones is 1. The highest BCUT2D eigenvalue weighted by Gasteiger charge is 2.10. The molecular weight excluding hydrogens is 192 g/mol. The molecular formula is C11H16N2O2. The zero-order valence-corrected chi connectivity index (χ0v) is 9.26. The van der Waals surface area contributed by atoms with E-state index >= 15 is 0 Å². The number of rotatable bonds is 4. The first-order valence-electron chi connectivity index (χ1n) is 4.98. The van der Waals surface area contributed by atoms with Gasteiger partial charge in [-0.1, -0.05) is 13.8 Å². The second-order valence-electron chi connectivity index (χ2n) is 3.96. The Hall–Kier alpha value is -1.58. The molecule has 2 N–H and O–H groups in total. The second-order valence-corrected chi connectivity index (χ2v) is 3.96. The first-order valence-corrected chi connectivity index (χ1v) is 4.98.